The number of anilines is 2. The van der Waals surface area contributed by atoms with E-state index < -0.39 is 0 Å². The minimum Gasteiger partial charge on any atom is -0.354 e. The fourth-order valence-electron chi connectivity index (χ4n) is 1.68. The molecule has 1 aromatic heterocycles. The number of hydrogen-bond acceptors (Lipinski definition) is 6. The lowest BCUT2D eigenvalue weighted by atomic mass is 10.3. The van der Waals surface area contributed by atoms with E-state index in [0.717, 1.165) is 32.0 Å². The van der Waals surface area contributed by atoms with Crippen LogP contribution < -0.4 is 10.2 Å². The molecule has 0 aromatic carbocycles. The average Bonchev–Trinajstić information content (AvgIpc) is 2.31. The molecule has 1 fully saturated rings. The Hall–Kier alpha value is -1.87. The van der Waals surface area contributed by atoms with Crippen molar-refractivity contribution in [2.75, 3.05) is 43.4 Å². The van der Waals surface area contributed by atoms with Gasteiger partial charge in [0.15, 0.2) is 6.19 Å². The number of rotatable bonds is 2. The van der Waals surface area contributed by atoms with Crippen LogP contribution in [0.2, 0.25) is 0 Å². The molecule has 0 unspecified atom stereocenters. The first kappa shape index (κ1) is 10.6. The standard InChI is InChI=1S/C10H14N6/c1-15-2-4-16(5-3-15)10-6-9(12-7-11)13-8-14-10/h6,8H,2-5H2,1H3,(H,12,13,14). The monoisotopic (exact) mass is 218 g/mol. The van der Waals surface area contributed by atoms with E-state index in [1.807, 2.05) is 6.19 Å². The summed E-state index contributed by atoms with van der Waals surface area (Å²) in [6.07, 6.45) is 3.33. The van der Waals surface area contributed by atoms with E-state index in [1.54, 1.807) is 6.07 Å². The molecule has 6 heteroatoms. The summed E-state index contributed by atoms with van der Waals surface area (Å²) in [5.74, 6) is 1.42. The lowest BCUT2D eigenvalue weighted by molar-refractivity contribution is 0.312. The topological polar surface area (TPSA) is 68.1 Å². The molecule has 0 spiro atoms. The van der Waals surface area contributed by atoms with Gasteiger partial charge >= 0.3 is 0 Å². The average molecular weight is 218 g/mol. The highest BCUT2D eigenvalue weighted by atomic mass is 15.3. The number of aromatic nitrogens is 2. The maximum Gasteiger partial charge on any atom is 0.182 e. The maximum atomic E-state index is 8.51. The van der Waals surface area contributed by atoms with Gasteiger partial charge in [-0.2, -0.15) is 5.26 Å². The van der Waals surface area contributed by atoms with Gasteiger partial charge in [-0.3, -0.25) is 5.32 Å². The van der Waals surface area contributed by atoms with Crippen molar-refractivity contribution >= 4 is 11.6 Å². The van der Waals surface area contributed by atoms with Gasteiger partial charge in [0.2, 0.25) is 0 Å². The smallest absolute Gasteiger partial charge is 0.182 e. The lowest BCUT2D eigenvalue weighted by Crippen LogP contribution is -2.44. The number of nitrogens with zero attached hydrogens (tertiary/aromatic N) is 5. The minimum absolute atomic E-state index is 0.548. The van der Waals surface area contributed by atoms with E-state index in [-0.39, 0.29) is 0 Å². The summed E-state index contributed by atoms with van der Waals surface area (Å²) < 4.78 is 0. The third kappa shape index (κ3) is 2.38. The molecule has 1 aromatic rings. The van der Waals surface area contributed by atoms with Crippen LogP contribution in [0, 0.1) is 11.5 Å². The fraction of sp³-hybridized carbons (Fsp3) is 0.500. The first-order valence-corrected chi connectivity index (χ1v) is 5.20. The molecule has 0 saturated carbocycles. The zero-order valence-electron chi connectivity index (χ0n) is 9.22. The highest BCUT2D eigenvalue weighted by Gasteiger charge is 2.15. The Labute approximate surface area is 94.5 Å². The van der Waals surface area contributed by atoms with Gasteiger partial charge < -0.3 is 9.80 Å². The fourth-order valence-corrected chi connectivity index (χ4v) is 1.68. The molecule has 84 valence electrons. The minimum atomic E-state index is 0.548. The molecule has 0 atom stereocenters. The first-order valence-electron chi connectivity index (χ1n) is 5.20. The largest absolute Gasteiger partial charge is 0.354 e. The van der Waals surface area contributed by atoms with Crippen molar-refractivity contribution in [3.8, 4) is 6.19 Å². The molecule has 16 heavy (non-hydrogen) atoms. The van der Waals surface area contributed by atoms with E-state index >= 15 is 0 Å². The van der Waals surface area contributed by atoms with Crippen molar-refractivity contribution in [3.05, 3.63) is 12.4 Å². The van der Waals surface area contributed by atoms with E-state index in [4.69, 9.17) is 5.26 Å². The number of nitriles is 1. The molecular formula is C10H14N6. The second-order valence-corrected chi connectivity index (χ2v) is 3.79. The van der Waals surface area contributed by atoms with E-state index in [1.165, 1.54) is 6.33 Å². The van der Waals surface area contributed by atoms with Gasteiger partial charge in [-0.25, -0.2) is 9.97 Å². The second-order valence-electron chi connectivity index (χ2n) is 3.79. The predicted octanol–water partition coefficient (Wildman–Crippen LogP) is 0.121. The third-order valence-corrected chi connectivity index (χ3v) is 2.66. The molecule has 1 aliphatic heterocycles. The Morgan fingerprint density at radius 1 is 1.31 bits per heavy atom. The summed E-state index contributed by atoms with van der Waals surface area (Å²) in [6, 6.07) is 1.80. The van der Waals surface area contributed by atoms with Crippen LogP contribution >= 0.6 is 0 Å². The van der Waals surface area contributed by atoms with E-state index in [2.05, 4.69) is 32.1 Å². The van der Waals surface area contributed by atoms with Crippen molar-refractivity contribution in [1.29, 1.82) is 5.26 Å². The molecule has 1 saturated heterocycles. The van der Waals surface area contributed by atoms with Gasteiger partial charge in [0.1, 0.15) is 18.0 Å². The van der Waals surface area contributed by atoms with Crippen LogP contribution in [0.5, 0.6) is 0 Å². The third-order valence-electron chi connectivity index (χ3n) is 2.66. The highest BCUT2D eigenvalue weighted by molar-refractivity contribution is 5.50. The summed E-state index contributed by atoms with van der Waals surface area (Å²) >= 11 is 0. The van der Waals surface area contributed by atoms with E-state index in [9.17, 15) is 0 Å². The Kier molecular flexibility index (Phi) is 3.17. The molecule has 2 heterocycles. The second kappa shape index (κ2) is 4.77. The summed E-state index contributed by atoms with van der Waals surface area (Å²) in [5.41, 5.74) is 0. The molecule has 1 aliphatic rings. The maximum absolute atomic E-state index is 8.51. The van der Waals surface area contributed by atoms with Crippen LogP contribution in [0.25, 0.3) is 0 Å². The quantitative estimate of drug-likeness (QED) is 0.562. The van der Waals surface area contributed by atoms with Gasteiger partial charge in [-0.1, -0.05) is 0 Å². The van der Waals surface area contributed by atoms with Crippen LogP contribution in [-0.4, -0.2) is 48.1 Å². The number of hydrogen-bond donors (Lipinski definition) is 1. The van der Waals surface area contributed by atoms with Crippen LogP contribution in [0.15, 0.2) is 12.4 Å². The molecule has 0 bridgehead atoms. The Balaban J connectivity index is 2.09. The zero-order chi connectivity index (χ0) is 11.4. The molecule has 2 rings (SSSR count). The SMILES string of the molecule is CN1CCN(c2cc(NC#N)ncn2)CC1. The number of nitrogens with one attached hydrogen (secondary N) is 1. The van der Waals surface area contributed by atoms with Gasteiger partial charge in [-0.05, 0) is 7.05 Å². The highest BCUT2D eigenvalue weighted by Crippen LogP contribution is 2.15. The van der Waals surface area contributed by atoms with Crippen LogP contribution in [0.1, 0.15) is 0 Å². The normalized spacial score (nSPS) is 16.9. The zero-order valence-corrected chi connectivity index (χ0v) is 9.22. The van der Waals surface area contributed by atoms with Crippen molar-refractivity contribution in [2.24, 2.45) is 0 Å². The van der Waals surface area contributed by atoms with Gasteiger partial charge in [0.25, 0.3) is 0 Å². The van der Waals surface area contributed by atoms with Gasteiger partial charge in [0.05, 0.1) is 0 Å². The van der Waals surface area contributed by atoms with Gasteiger partial charge in [-0.15, -0.1) is 0 Å². The predicted molar refractivity (Wildman–Crippen MR) is 61.0 cm³/mol. The van der Waals surface area contributed by atoms with Crippen LogP contribution in [0.3, 0.4) is 0 Å². The number of likely N-dealkylation sites (N-methyl/N-ethyl adjacent to an activating group) is 1. The Bertz CT molecular complexity index is 391. The summed E-state index contributed by atoms with van der Waals surface area (Å²) in [7, 11) is 2.11. The molecule has 0 aliphatic carbocycles. The number of piperazine rings is 1. The van der Waals surface area contributed by atoms with Crippen LogP contribution in [-0.2, 0) is 0 Å². The van der Waals surface area contributed by atoms with E-state index in [0.29, 0.717) is 5.82 Å². The summed E-state index contributed by atoms with van der Waals surface area (Å²) in [4.78, 5) is 12.7. The molecule has 0 amide bonds. The van der Waals surface area contributed by atoms with Crippen molar-refractivity contribution < 1.29 is 0 Å². The van der Waals surface area contributed by atoms with Crippen molar-refractivity contribution in [3.63, 3.8) is 0 Å². The molecule has 0 radical (unpaired) electrons. The summed E-state index contributed by atoms with van der Waals surface area (Å²) in [5, 5.41) is 11.0. The summed E-state index contributed by atoms with van der Waals surface area (Å²) in [6.45, 7) is 3.98. The Morgan fingerprint density at radius 3 is 2.75 bits per heavy atom. The van der Waals surface area contributed by atoms with Gasteiger partial charge in [0, 0.05) is 32.2 Å². The van der Waals surface area contributed by atoms with Crippen molar-refractivity contribution in [2.45, 2.75) is 0 Å². The first-order chi connectivity index (χ1) is 7.79. The molecular weight excluding hydrogens is 204 g/mol. The molecule has 1 N–H and O–H groups in total. The van der Waals surface area contributed by atoms with Crippen molar-refractivity contribution in [1.82, 2.24) is 14.9 Å². The van der Waals surface area contributed by atoms with Crippen LogP contribution in [0.4, 0.5) is 11.6 Å². The lowest BCUT2D eigenvalue weighted by Gasteiger charge is -2.33. The Morgan fingerprint density at radius 2 is 2.06 bits per heavy atom. The molecule has 6 nitrogen and oxygen atoms in total.